The first-order chi connectivity index (χ1) is 16.8. The fourth-order valence-corrected chi connectivity index (χ4v) is 4.66. The molecule has 3 aromatic heterocycles. The Morgan fingerprint density at radius 2 is 1.80 bits per heavy atom. The van der Waals surface area contributed by atoms with Gasteiger partial charge in [0.15, 0.2) is 16.9 Å². The van der Waals surface area contributed by atoms with Gasteiger partial charge in [0.25, 0.3) is 0 Å². The lowest BCUT2D eigenvalue weighted by Crippen LogP contribution is -2.25. The Hall–Kier alpha value is -4.27. The Labute approximate surface area is 197 Å². The van der Waals surface area contributed by atoms with Crippen LogP contribution in [0.1, 0.15) is 24.5 Å². The van der Waals surface area contributed by atoms with Gasteiger partial charge in [-0.25, -0.2) is 4.98 Å². The van der Waals surface area contributed by atoms with Crippen molar-refractivity contribution in [1.82, 2.24) is 19.2 Å². The standard InChI is InChI=1S/C26H18F2N4O3/c1-31-12-17-10-15(4-6-20(17)30-31)18-13-32-9-8-19(14-2-3-14)29-25(32)23(24(18)33)16-5-7-21-22(11-16)35-26(27,28)34-21/h4-14H,2-3H2,1H3. The second-order valence-corrected chi connectivity index (χ2v) is 9.01. The number of halogens is 2. The first-order valence-corrected chi connectivity index (χ1v) is 11.2. The predicted molar refractivity (Wildman–Crippen MR) is 125 cm³/mol. The maximum Gasteiger partial charge on any atom is 0.586 e. The monoisotopic (exact) mass is 472 g/mol. The lowest BCUT2D eigenvalue weighted by atomic mass is 9.99. The van der Waals surface area contributed by atoms with Crippen LogP contribution in [0.15, 0.2) is 65.8 Å². The van der Waals surface area contributed by atoms with Crippen molar-refractivity contribution in [2.75, 3.05) is 0 Å². The van der Waals surface area contributed by atoms with Gasteiger partial charge in [-0.1, -0.05) is 12.1 Å². The van der Waals surface area contributed by atoms with E-state index >= 15 is 0 Å². The largest absolute Gasteiger partial charge is 0.586 e. The van der Waals surface area contributed by atoms with Crippen molar-refractivity contribution in [3.05, 3.63) is 77.0 Å². The highest BCUT2D eigenvalue weighted by Crippen LogP contribution is 2.43. The lowest BCUT2D eigenvalue weighted by Gasteiger charge is -2.13. The molecule has 7 rings (SSSR count). The minimum absolute atomic E-state index is 0.0760. The molecule has 0 spiro atoms. The van der Waals surface area contributed by atoms with Crippen molar-refractivity contribution in [1.29, 1.82) is 0 Å². The maximum atomic E-state index is 14.0. The maximum absolute atomic E-state index is 14.0. The second-order valence-electron chi connectivity index (χ2n) is 9.01. The van der Waals surface area contributed by atoms with Gasteiger partial charge in [0.2, 0.25) is 0 Å². The fraction of sp³-hybridized carbons (Fsp3) is 0.192. The molecule has 9 heteroatoms. The number of pyridine rings is 1. The minimum atomic E-state index is -3.74. The molecule has 0 bridgehead atoms. The van der Waals surface area contributed by atoms with Crippen LogP contribution in [-0.4, -0.2) is 25.5 Å². The molecular weight excluding hydrogens is 454 g/mol. The zero-order valence-electron chi connectivity index (χ0n) is 18.5. The lowest BCUT2D eigenvalue weighted by molar-refractivity contribution is -0.286. The summed E-state index contributed by atoms with van der Waals surface area (Å²) in [5, 5.41) is 5.30. The molecule has 0 saturated heterocycles. The third-order valence-corrected chi connectivity index (χ3v) is 6.46. The van der Waals surface area contributed by atoms with Gasteiger partial charge in [0.05, 0.1) is 11.1 Å². The third-order valence-electron chi connectivity index (χ3n) is 6.46. The summed E-state index contributed by atoms with van der Waals surface area (Å²) in [5.74, 6) is 0.185. The number of hydrogen-bond donors (Lipinski definition) is 0. The second kappa shape index (κ2) is 6.88. The third kappa shape index (κ3) is 3.26. The summed E-state index contributed by atoms with van der Waals surface area (Å²) in [4.78, 5) is 18.8. The molecule has 0 unspecified atom stereocenters. The quantitative estimate of drug-likeness (QED) is 0.365. The topological polar surface area (TPSA) is 70.7 Å². The van der Waals surface area contributed by atoms with Crippen LogP contribution in [0.3, 0.4) is 0 Å². The Kier molecular flexibility index (Phi) is 3.96. The minimum Gasteiger partial charge on any atom is -0.395 e. The highest BCUT2D eigenvalue weighted by molar-refractivity contribution is 5.87. The fourth-order valence-electron chi connectivity index (χ4n) is 4.66. The van der Waals surface area contributed by atoms with Crippen LogP contribution in [0.25, 0.3) is 38.8 Å². The number of aryl methyl sites for hydroxylation is 1. The molecule has 1 aliphatic carbocycles. The predicted octanol–water partition coefficient (Wildman–Crippen LogP) is 5.11. The van der Waals surface area contributed by atoms with E-state index in [1.807, 2.05) is 48.1 Å². The number of hydrogen-bond acceptors (Lipinski definition) is 5. The van der Waals surface area contributed by atoms with Gasteiger partial charge in [0.1, 0.15) is 5.65 Å². The average molecular weight is 472 g/mol. The van der Waals surface area contributed by atoms with E-state index in [2.05, 4.69) is 14.6 Å². The first-order valence-electron chi connectivity index (χ1n) is 11.2. The molecule has 0 amide bonds. The normalized spacial score (nSPS) is 16.3. The Morgan fingerprint density at radius 1 is 1.00 bits per heavy atom. The van der Waals surface area contributed by atoms with Crippen LogP contribution >= 0.6 is 0 Å². The Bertz CT molecular complexity index is 1740. The SMILES string of the molecule is Cn1cc2cc(-c3cn4ccc(C5CC5)nc4c(-c4ccc5c(c4)OC(F)(F)O5)c3=O)ccc2n1. The van der Waals surface area contributed by atoms with Crippen LogP contribution in [0.5, 0.6) is 11.5 Å². The molecule has 0 N–H and O–H groups in total. The molecular formula is C26H18F2N4O3. The van der Waals surface area contributed by atoms with Crippen molar-refractivity contribution in [3.63, 3.8) is 0 Å². The summed E-state index contributed by atoms with van der Waals surface area (Å²) >= 11 is 0. The van der Waals surface area contributed by atoms with Gasteiger partial charge in [-0.2, -0.15) is 5.10 Å². The van der Waals surface area contributed by atoms with Crippen molar-refractivity contribution >= 4 is 16.6 Å². The van der Waals surface area contributed by atoms with Crippen LogP contribution in [0.4, 0.5) is 8.78 Å². The zero-order chi connectivity index (χ0) is 23.9. The van der Waals surface area contributed by atoms with E-state index in [9.17, 15) is 13.6 Å². The summed E-state index contributed by atoms with van der Waals surface area (Å²) in [6.07, 6.45) is 3.93. The van der Waals surface area contributed by atoms with Crippen LogP contribution in [0.2, 0.25) is 0 Å². The smallest absolute Gasteiger partial charge is 0.395 e. The van der Waals surface area contributed by atoms with Crippen LogP contribution in [0, 0.1) is 0 Å². The molecule has 7 nitrogen and oxygen atoms in total. The number of rotatable bonds is 3. The molecule has 1 fully saturated rings. The van der Waals surface area contributed by atoms with Gasteiger partial charge < -0.3 is 13.9 Å². The molecule has 0 atom stereocenters. The number of ether oxygens (including phenoxy) is 2. The molecule has 35 heavy (non-hydrogen) atoms. The summed E-state index contributed by atoms with van der Waals surface area (Å²) in [6.45, 7) is 0. The van der Waals surface area contributed by atoms with E-state index in [1.165, 1.54) is 12.1 Å². The van der Waals surface area contributed by atoms with Crippen molar-refractivity contribution in [2.45, 2.75) is 25.1 Å². The Balaban J connectivity index is 1.48. The number of alkyl halides is 2. The van der Waals surface area contributed by atoms with Crippen LogP contribution in [-0.2, 0) is 7.05 Å². The van der Waals surface area contributed by atoms with Crippen molar-refractivity contribution < 1.29 is 18.3 Å². The molecule has 1 saturated carbocycles. The van der Waals surface area contributed by atoms with Gasteiger partial charge in [0, 0.05) is 48.2 Å². The van der Waals surface area contributed by atoms with E-state index in [4.69, 9.17) is 4.98 Å². The molecule has 0 radical (unpaired) electrons. The van der Waals surface area contributed by atoms with Gasteiger partial charge in [-0.15, -0.1) is 8.78 Å². The summed E-state index contributed by atoms with van der Waals surface area (Å²) in [7, 11) is 1.84. The number of benzene rings is 2. The average Bonchev–Trinajstić information content (AvgIpc) is 3.52. The molecule has 2 aliphatic rings. The van der Waals surface area contributed by atoms with Gasteiger partial charge in [-0.05, 0) is 54.3 Å². The van der Waals surface area contributed by atoms with Gasteiger partial charge >= 0.3 is 6.29 Å². The van der Waals surface area contributed by atoms with Crippen molar-refractivity contribution in [2.24, 2.45) is 7.05 Å². The number of nitrogens with zero attached hydrogens (tertiary/aromatic N) is 4. The van der Waals surface area contributed by atoms with E-state index in [0.29, 0.717) is 28.3 Å². The Morgan fingerprint density at radius 3 is 2.63 bits per heavy atom. The van der Waals surface area contributed by atoms with E-state index in [-0.39, 0.29) is 16.9 Å². The molecule has 2 aromatic carbocycles. The highest BCUT2D eigenvalue weighted by atomic mass is 19.3. The summed E-state index contributed by atoms with van der Waals surface area (Å²) < 4.78 is 40.0. The van der Waals surface area contributed by atoms with E-state index in [1.54, 1.807) is 16.9 Å². The molecule has 5 aromatic rings. The first kappa shape index (κ1) is 20.1. The number of aromatic nitrogens is 4. The van der Waals surface area contributed by atoms with E-state index in [0.717, 1.165) is 35.0 Å². The molecule has 174 valence electrons. The highest BCUT2D eigenvalue weighted by Gasteiger charge is 2.43. The zero-order valence-corrected chi connectivity index (χ0v) is 18.5. The van der Waals surface area contributed by atoms with Gasteiger partial charge in [-0.3, -0.25) is 9.48 Å². The number of fused-ring (bicyclic) bond motifs is 3. The summed E-state index contributed by atoms with van der Waals surface area (Å²) in [6, 6.07) is 12.0. The molecule has 4 heterocycles. The van der Waals surface area contributed by atoms with Crippen molar-refractivity contribution in [3.8, 4) is 33.8 Å². The summed E-state index contributed by atoms with van der Waals surface area (Å²) in [5.41, 5.74) is 3.90. The van der Waals surface area contributed by atoms with E-state index < -0.39 is 6.29 Å². The molecule has 1 aliphatic heterocycles. The van der Waals surface area contributed by atoms with Crippen LogP contribution < -0.4 is 14.9 Å².